The van der Waals surface area contributed by atoms with Gasteiger partial charge in [0.15, 0.2) is 0 Å². The molecule has 1 aliphatic heterocycles. The Kier molecular flexibility index (Phi) is 4.54. The van der Waals surface area contributed by atoms with Gasteiger partial charge >= 0.3 is 0 Å². The summed E-state index contributed by atoms with van der Waals surface area (Å²) in [5, 5.41) is 3.46. The van der Waals surface area contributed by atoms with Gasteiger partial charge in [-0.3, -0.25) is 4.90 Å². The van der Waals surface area contributed by atoms with Crippen LogP contribution in [0.1, 0.15) is 54.8 Å². The van der Waals surface area contributed by atoms with Crippen LogP contribution in [-0.4, -0.2) is 49.2 Å². The maximum atomic E-state index is 5.63. The first kappa shape index (κ1) is 15.4. The molecule has 0 amide bonds. The van der Waals surface area contributed by atoms with Crippen molar-refractivity contribution in [3.63, 3.8) is 0 Å². The van der Waals surface area contributed by atoms with Gasteiger partial charge in [0.05, 0.1) is 7.11 Å². The fourth-order valence-corrected chi connectivity index (χ4v) is 4.71. The van der Waals surface area contributed by atoms with Crippen molar-refractivity contribution in [3.8, 4) is 5.88 Å². The van der Waals surface area contributed by atoms with Crippen LogP contribution in [0.2, 0.25) is 0 Å². The van der Waals surface area contributed by atoms with Gasteiger partial charge in [-0.2, -0.15) is 0 Å². The van der Waals surface area contributed by atoms with Gasteiger partial charge in [-0.15, -0.1) is 0 Å². The number of fused-ring (bicyclic) bond motifs is 1. The minimum Gasteiger partial charge on any atom is -0.481 e. The highest BCUT2D eigenvalue weighted by atomic mass is 16.5. The lowest BCUT2D eigenvalue weighted by Crippen LogP contribution is -2.47. The molecule has 1 saturated carbocycles. The average molecular weight is 315 g/mol. The van der Waals surface area contributed by atoms with Crippen molar-refractivity contribution < 1.29 is 4.74 Å². The molecule has 1 saturated heterocycles. The number of rotatable bonds is 3. The quantitative estimate of drug-likeness (QED) is 0.930. The summed E-state index contributed by atoms with van der Waals surface area (Å²) >= 11 is 0. The molecule has 2 unspecified atom stereocenters. The van der Waals surface area contributed by atoms with E-state index >= 15 is 0 Å². The topological polar surface area (TPSA) is 37.4 Å². The molecule has 2 fully saturated rings. The van der Waals surface area contributed by atoms with Crippen molar-refractivity contribution >= 4 is 0 Å². The van der Waals surface area contributed by atoms with E-state index in [0.29, 0.717) is 5.92 Å². The van der Waals surface area contributed by atoms with Crippen molar-refractivity contribution in [2.75, 3.05) is 33.3 Å². The minimum atomic E-state index is 0.621. The highest BCUT2D eigenvalue weighted by molar-refractivity contribution is 5.39. The molecule has 0 bridgehead atoms. The van der Waals surface area contributed by atoms with Gasteiger partial charge in [-0.05, 0) is 56.6 Å². The van der Waals surface area contributed by atoms with Crippen LogP contribution in [0.3, 0.4) is 0 Å². The number of aromatic nitrogens is 1. The molecule has 1 aromatic heterocycles. The number of piperazine rings is 1. The average Bonchev–Trinajstić information content (AvgIpc) is 3.11. The number of nitrogens with zero attached hydrogens (tertiary/aromatic N) is 2. The first-order chi connectivity index (χ1) is 11.3. The lowest BCUT2D eigenvalue weighted by atomic mass is 9.90. The van der Waals surface area contributed by atoms with Crippen LogP contribution in [0.15, 0.2) is 6.07 Å². The summed E-state index contributed by atoms with van der Waals surface area (Å²) in [5.74, 6) is 1.53. The number of methoxy groups -OCH3 is 1. The Morgan fingerprint density at radius 2 is 2.00 bits per heavy atom. The summed E-state index contributed by atoms with van der Waals surface area (Å²) in [5.41, 5.74) is 4.17. The SMILES string of the molecule is COc1nc(C2CCC(N3CCNCC3)C2)cc2c1CCCC2. The Balaban J connectivity index is 1.52. The molecule has 2 heterocycles. The third-order valence-corrected chi connectivity index (χ3v) is 6.01. The Morgan fingerprint density at radius 3 is 2.83 bits per heavy atom. The predicted molar refractivity (Wildman–Crippen MR) is 92.3 cm³/mol. The predicted octanol–water partition coefficient (Wildman–Crippen LogP) is 2.51. The maximum absolute atomic E-state index is 5.63. The van der Waals surface area contributed by atoms with Gasteiger partial charge in [0.2, 0.25) is 5.88 Å². The van der Waals surface area contributed by atoms with Crippen LogP contribution < -0.4 is 10.1 Å². The van der Waals surface area contributed by atoms with Gasteiger partial charge in [-0.1, -0.05) is 0 Å². The lowest BCUT2D eigenvalue weighted by Gasteiger charge is -2.32. The molecule has 2 atom stereocenters. The molecule has 3 aliphatic rings. The summed E-state index contributed by atoms with van der Waals surface area (Å²) in [6.45, 7) is 4.70. The number of ether oxygens (including phenoxy) is 1. The zero-order chi connectivity index (χ0) is 15.6. The number of pyridine rings is 1. The highest BCUT2D eigenvalue weighted by Gasteiger charge is 2.32. The molecule has 0 spiro atoms. The van der Waals surface area contributed by atoms with E-state index in [1.165, 1.54) is 68.4 Å². The Bertz CT molecular complexity index is 537. The molecule has 0 radical (unpaired) electrons. The van der Waals surface area contributed by atoms with E-state index in [0.717, 1.165) is 31.4 Å². The van der Waals surface area contributed by atoms with E-state index in [1.807, 2.05) is 0 Å². The molecule has 23 heavy (non-hydrogen) atoms. The molecule has 1 aromatic rings. The zero-order valence-corrected chi connectivity index (χ0v) is 14.3. The van der Waals surface area contributed by atoms with Crippen LogP contribution in [0.5, 0.6) is 5.88 Å². The van der Waals surface area contributed by atoms with Crippen LogP contribution in [0.25, 0.3) is 0 Å². The third-order valence-electron chi connectivity index (χ3n) is 6.01. The van der Waals surface area contributed by atoms with E-state index < -0.39 is 0 Å². The summed E-state index contributed by atoms with van der Waals surface area (Å²) in [6.07, 6.45) is 8.81. The van der Waals surface area contributed by atoms with Crippen molar-refractivity contribution in [1.29, 1.82) is 0 Å². The largest absolute Gasteiger partial charge is 0.481 e. The number of hydrogen-bond donors (Lipinski definition) is 1. The Morgan fingerprint density at radius 1 is 1.17 bits per heavy atom. The first-order valence-corrected chi connectivity index (χ1v) is 9.36. The second kappa shape index (κ2) is 6.78. The van der Waals surface area contributed by atoms with Crippen LogP contribution in [0.4, 0.5) is 0 Å². The van der Waals surface area contributed by atoms with Gasteiger partial charge in [0, 0.05) is 49.4 Å². The normalized spacial score (nSPS) is 28.6. The van der Waals surface area contributed by atoms with E-state index in [4.69, 9.17) is 9.72 Å². The molecular weight excluding hydrogens is 286 g/mol. The van der Waals surface area contributed by atoms with Gasteiger partial charge < -0.3 is 10.1 Å². The van der Waals surface area contributed by atoms with Crippen molar-refractivity contribution in [2.24, 2.45) is 0 Å². The number of nitrogens with one attached hydrogen (secondary N) is 1. The third kappa shape index (κ3) is 3.11. The highest BCUT2D eigenvalue weighted by Crippen LogP contribution is 2.39. The fraction of sp³-hybridized carbons (Fsp3) is 0.737. The summed E-state index contributed by atoms with van der Waals surface area (Å²) < 4.78 is 5.63. The van der Waals surface area contributed by atoms with Crippen LogP contribution >= 0.6 is 0 Å². The summed E-state index contributed by atoms with van der Waals surface area (Å²) in [7, 11) is 1.78. The van der Waals surface area contributed by atoms with E-state index in [2.05, 4.69) is 16.3 Å². The van der Waals surface area contributed by atoms with E-state index in [-0.39, 0.29) is 0 Å². The number of hydrogen-bond acceptors (Lipinski definition) is 4. The Hall–Kier alpha value is -1.13. The zero-order valence-electron chi connectivity index (χ0n) is 14.3. The first-order valence-electron chi connectivity index (χ1n) is 9.36. The molecule has 4 rings (SSSR count). The fourth-order valence-electron chi connectivity index (χ4n) is 4.71. The molecule has 0 aromatic carbocycles. The van der Waals surface area contributed by atoms with Crippen molar-refractivity contribution in [2.45, 2.75) is 56.9 Å². The maximum Gasteiger partial charge on any atom is 0.216 e. The minimum absolute atomic E-state index is 0.621. The molecular formula is C19H29N3O. The van der Waals surface area contributed by atoms with Gasteiger partial charge in [-0.25, -0.2) is 4.98 Å². The second-order valence-corrected chi connectivity index (χ2v) is 7.35. The summed E-state index contributed by atoms with van der Waals surface area (Å²) in [4.78, 5) is 7.60. The lowest BCUT2D eigenvalue weighted by molar-refractivity contribution is 0.174. The van der Waals surface area contributed by atoms with Crippen molar-refractivity contribution in [3.05, 3.63) is 22.9 Å². The monoisotopic (exact) mass is 315 g/mol. The molecule has 4 nitrogen and oxygen atoms in total. The van der Waals surface area contributed by atoms with E-state index in [1.54, 1.807) is 7.11 Å². The second-order valence-electron chi connectivity index (χ2n) is 7.35. The molecule has 126 valence electrons. The van der Waals surface area contributed by atoms with E-state index in [9.17, 15) is 0 Å². The smallest absolute Gasteiger partial charge is 0.216 e. The molecule has 1 N–H and O–H groups in total. The van der Waals surface area contributed by atoms with Gasteiger partial charge in [0.25, 0.3) is 0 Å². The van der Waals surface area contributed by atoms with Gasteiger partial charge in [0.1, 0.15) is 0 Å². The van der Waals surface area contributed by atoms with Crippen LogP contribution in [0, 0.1) is 0 Å². The Labute approximate surface area is 139 Å². The molecule has 2 aliphatic carbocycles. The molecule has 4 heteroatoms. The summed E-state index contributed by atoms with van der Waals surface area (Å²) in [6, 6.07) is 3.16. The van der Waals surface area contributed by atoms with Crippen LogP contribution in [-0.2, 0) is 12.8 Å². The number of aryl methyl sites for hydroxylation is 1. The standard InChI is InChI=1S/C19H29N3O/c1-23-19-17-5-3-2-4-14(17)13-18(21-19)15-6-7-16(12-15)22-10-8-20-9-11-22/h13,15-16,20H,2-12H2,1H3. The van der Waals surface area contributed by atoms with Crippen molar-refractivity contribution in [1.82, 2.24) is 15.2 Å².